The summed E-state index contributed by atoms with van der Waals surface area (Å²) in [5.41, 5.74) is 7.58. The van der Waals surface area contributed by atoms with Crippen LogP contribution in [0.25, 0.3) is 22.3 Å². The number of amides is 6. The number of nitrogens with two attached hydrogens (primary N) is 1. The average molecular weight is 897 g/mol. The van der Waals surface area contributed by atoms with Gasteiger partial charge >= 0.3 is 18.1 Å². The van der Waals surface area contributed by atoms with Crippen molar-refractivity contribution in [3.05, 3.63) is 91.5 Å². The number of aliphatic hydroxyl groups is 1. The van der Waals surface area contributed by atoms with Gasteiger partial charge in [0.1, 0.15) is 31.1 Å². The second-order valence-electron chi connectivity index (χ2n) is 16.9. The van der Waals surface area contributed by atoms with Gasteiger partial charge in [-0.05, 0) is 85.4 Å². The Morgan fingerprint density at radius 3 is 2.46 bits per heavy atom. The zero-order valence-corrected chi connectivity index (χ0v) is 36.8. The molecular formula is C46H53FN8O10. The molecule has 4 aromatic rings. The number of halogens is 1. The standard InChI is InChI=1S/C46H53FN8O10/c1-6-35(56)54-38(22(3)4)41(58)52-32(9-8-16-49-44(48)61)40(57)50-25-12-10-24(11-13-25)20-65-45(62)53-31-15-14-26-23(5)30(47)18-33-36(26)37(31)27-19-55-34(39(27)51-33)17-29-28(42(55)59)21-64-43(60)46(29,63)7-2/h10-13,17-18,22,31-32,38,63H,6-9,14-16,19-21H2,1-5H3,(H,50,57)(H,52,58)(H,53,62)(H,54,56)(H3,48,49,61)/t31-,32-,38-,46-/m0/s1. The van der Waals surface area contributed by atoms with E-state index in [2.05, 4.69) is 26.6 Å². The monoisotopic (exact) mass is 896 g/mol. The van der Waals surface area contributed by atoms with Crippen molar-refractivity contribution in [3.63, 3.8) is 0 Å². The van der Waals surface area contributed by atoms with E-state index in [1.165, 1.54) is 10.6 Å². The van der Waals surface area contributed by atoms with Crippen LogP contribution in [0.2, 0.25) is 0 Å². The van der Waals surface area contributed by atoms with Crippen molar-refractivity contribution in [2.45, 2.75) is 117 Å². The summed E-state index contributed by atoms with van der Waals surface area (Å²) in [5, 5.41) is 25.7. The SMILES string of the molecule is CCC(=O)N[C@H](C(=O)N[C@@H](CCCNC(N)=O)C(=O)Nc1ccc(COC(=O)N[C@H]2CCc3c(C)c(F)cc4nc5c(c2c34)Cn2c-5cc3c(c2=O)COC(=O)[C@]3(O)CC)cc1)C(C)C. The Hall–Kier alpha value is -6.89. The van der Waals surface area contributed by atoms with Crippen molar-refractivity contribution in [1.82, 2.24) is 30.8 Å². The minimum atomic E-state index is -2.03. The number of ether oxygens (including phenoxy) is 2. The third-order valence-corrected chi connectivity index (χ3v) is 12.4. The van der Waals surface area contributed by atoms with Crippen molar-refractivity contribution < 1.29 is 47.7 Å². The smallest absolute Gasteiger partial charge is 0.407 e. The second-order valence-corrected chi connectivity index (χ2v) is 16.9. The summed E-state index contributed by atoms with van der Waals surface area (Å²) in [6.07, 6.45) is 0.690. The largest absolute Gasteiger partial charge is 0.458 e. The molecule has 0 spiro atoms. The van der Waals surface area contributed by atoms with Gasteiger partial charge in [0.2, 0.25) is 17.7 Å². The molecule has 2 aromatic carbocycles. The molecule has 18 nitrogen and oxygen atoms in total. The van der Waals surface area contributed by atoms with Crippen molar-refractivity contribution in [1.29, 1.82) is 0 Å². The first-order valence-electron chi connectivity index (χ1n) is 21.7. The summed E-state index contributed by atoms with van der Waals surface area (Å²) in [6, 6.07) is 6.20. The highest BCUT2D eigenvalue weighted by Crippen LogP contribution is 2.46. The van der Waals surface area contributed by atoms with E-state index in [1.807, 2.05) is 0 Å². The van der Waals surface area contributed by atoms with Crippen LogP contribution in [0.4, 0.5) is 19.7 Å². The number of pyridine rings is 2. The number of primary amides is 1. The van der Waals surface area contributed by atoms with Gasteiger partial charge in [0.15, 0.2) is 5.60 Å². The highest BCUT2D eigenvalue weighted by atomic mass is 19.1. The van der Waals surface area contributed by atoms with Crippen LogP contribution in [0.3, 0.4) is 0 Å². The predicted molar refractivity (Wildman–Crippen MR) is 234 cm³/mol. The summed E-state index contributed by atoms with van der Waals surface area (Å²) < 4.78 is 27.7. The van der Waals surface area contributed by atoms with E-state index < -0.39 is 65.0 Å². The first kappa shape index (κ1) is 46.1. The minimum absolute atomic E-state index is 0.0307. The fraction of sp³-hybridized carbons (Fsp3) is 0.435. The lowest BCUT2D eigenvalue weighted by atomic mass is 9.81. The maximum absolute atomic E-state index is 15.4. The molecule has 0 unspecified atom stereocenters. The molecule has 0 radical (unpaired) electrons. The van der Waals surface area contributed by atoms with Crippen LogP contribution < -0.4 is 37.9 Å². The Morgan fingerprint density at radius 2 is 1.78 bits per heavy atom. The number of alkyl carbamates (subject to hydrolysis) is 1. The van der Waals surface area contributed by atoms with Crippen LogP contribution in [0.5, 0.6) is 0 Å². The molecule has 19 heteroatoms. The molecule has 65 heavy (non-hydrogen) atoms. The van der Waals surface area contributed by atoms with Crippen LogP contribution in [0.1, 0.15) is 105 Å². The Labute approximate surface area is 373 Å². The third kappa shape index (κ3) is 9.09. The number of rotatable bonds is 15. The molecule has 2 aliphatic heterocycles. The molecule has 6 amide bonds. The van der Waals surface area contributed by atoms with Crippen LogP contribution in [0, 0.1) is 18.7 Å². The molecule has 0 saturated carbocycles. The van der Waals surface area contributed by atoms with Gasteiger partial charge in [0.25, 0.3) is 5.56 Å². The molecular weight excluding hydrogens is 844 g/mol. The molecule has 4 heterocycles. The number of anilines is 1. The number of benzene rings is 2. The lowest BCUT2D eigenvalue weighted by Crippen LogP contribution is -2.54. The molecule has 0 fully saturated rings. The van der Waals surface area contributed by atoms with Gasteiger partial charge in [-0.25, -0.2) is 23.8 Å². The second kappa shape index (κ2) is 18.7. The fourth-order valence-electron chi connectivity index (χ4n) is 8.80. The van der Waals surface area contributed by atoms with E-state index in [0.717, 1.165) is 5.56 Å². The van der Waals surface area contributed by atoms with Crippen molar-refractivity contribution in [3.8, 4) is 11.4 Å². The number of fused-ring (bicyclic) bond motifs is 5. The number of nitrogens with one attached hydrogen (secondary N) is 5. The topological polar surface area (TPSA) is 262 Å². The summed E-state index contributed by atoms with van der Waals surface area (Å²) in [6.45, 7) is 8.33. The number of carbonyl (C=O) groups excluding carboxylic acids is 6. The zero-order chi connectivity index (χ0) is 46.9. The summed E-state index contributed by atoms with van der Waals surface area (Å²) in [4.78, 5) is 95.1. The molecule has 0 bridgehead atoms. The zero-order valence-electron chi connectivity index (χ0n) is 36.8. The maximum Gasteiger partial charge on any atom is 0.407 e. The first-order valence-corrected chi connectivity index (χ1v) is 21.7. The first-order chi connectivity index (χ1) is 30.9. The number of hydrogen-bond acceptors (Lipinski definition) is 11. The molecule has 3 aliphatic rings. The summed E-state index contributed by atoms with van der Waals surface area (Å²) in [5.74, 6) is -2.94. The number of hydrogen-bond donors (Lipinski definition) is 7. The average Bonchev–Trinajstić information content (AvgIpc) is 3.65. The molecule has 4 atom stereocenters. The number of aryl methyl sites for hydroxylation is 1. The van der Waals surface area contributed by atoms with Gasteiger partial charge in [-0.3, -0.25) is 19.2 Å². The number of carbonyl (C=O) groups is 6. The summed E-state index contributed by atoms with van der Waals surface area (Å²) in [7, 11) is 0. The highest BCUT2D eigenvalue weighted by molar-refractivity contribution is 5.98. The third-order valence-electron chi connectivity index (χ3n) is 12.4. The molecule has 7 rings (SSSR count). The van der Waals surface area contributed by atoms with Crippen molar-refractivity contribution >= 4 is 52.4 Å². The van der Waals surface area contributed by atoms with Crippen molar-refractivity contribution in [2.75, 3.05) is 11.9 Å². The number of aromatic nitrogens is 2. The lowest BCUT2D eigenvalue weighted by Gasteiger charge is -2.31. The molecule has 8 N–H and O–H groups in total. The quantitative estimate of drug-likeness (QED) is 0.0586. The van der Waals surface area contributed by atoms with E-state index >= 15 is 4.39 Å². The van der Waals surface area contributed by atoms with Crippen LogP contribution in [0.15, 0.2) is 41.2 Å². The van der Waals surface area contributed by atoms with Gasteiger partial charge in [-0.2, -0.15) is 0 Å². The van der Waals surface area contributed by atoms with E-state index in [1.54, 1.807) is 65.0 Å². The Morgan fingerprint density at radius 1 is 1.05 bits per heavy atom. The molecule has 344 valence electrons. The van der Waals surface area contributed by atoms with Gasteiger partial charge < -0.3 is 51.5 Å². The fourth-order valence-corrected chi connectivity index (χ4v) is 8.80. The van der Waals surface area contributed by atoms with Gasteiger partial charge in [0, 0.05) is 41.2 Å². The number of esters is 1. The molecule has 2 aromatic heterocycles. The van der Waals surface area contributed by atoms with E-state index in [4.69, 9.17) is 20.2 Å². The van der Waals surface area contributed by atoms with Crippen LogP contribution in [-0.4, -0.2) is 69.1 Å². The molecule has 1 aliphatic carbocycles. The Balaban J connectivity index is 1.06. The number of nitrogens with zero attached hydrogens (tertiary/aromatic N) is 2. The number of urea groups is 1. The molecule has 0 saturated heterocycles. The Kier molecular flexibility index (Phi) is 13.3. The normalized spacial score (nSPS) is 17.8. The van der Waals surface area contributed by atoms with E-state index in [9.17, 15) is 38.7 Å². The predicted octanol–water partition coefficient (Wildman–Crippen LogP) is 3.86. The van der Waals surface area contributed by atoms with Gasteiger partial charge in [-0.1, -0.05) is 39.8 Å². The van der Waals surface area contributed by atoms with E-state index in [-0.39, 0.29) is 68.5 Å². The minimum Gasteiger partial charge on any atom is -0.458 e. The van der Waals surface area contributed by atoms with Gasteiger partial charge in [-0.15, -0.1) is 0 Å². The lowest BCUT2D eigenvalue weighted by molar-refractivity contribution is -0.172. The van der Waals surface area contributed by atoms with E-state index in [0.29, 0.717) is 69.5 Å². The maximum atomic E-state index is 15.4. The van der Waals surface area contributed by atoms with Crippen molar-refractivity contribution in [2.24, 2.45) is 11.7 Å². The van der Waals surface area contributed by atoms with Crippen LogP contribution in [-0.2, 0) is 60.4 Å². The number of cyclic esters (lactones) is 1. The van der Waals surface area contributed by atoms with Gasteiger partial charge in [0.05, 0.1) is 35.1 Å². The highest BCUT2D eigenvalue weighted by Gasteiger charge is 2.46. The Bertz CT molecular complexity index is 2670. The summed E-state index contributed by atoms with van der Waals surface area (Å²) >= 11 is 0. The van der Waals surface area contributed by atoms with Crippen LogP contribution >= 0.6 is 0 Å².